The zero-order chi connectivity index (χ0) is 18.4. The summed E-state index contributed by atoms with van der Waals surface area (Å²) in [6.07, 6.45) is 3.28. The minimum atomic E-state index is -0.199. The molecule has 0 atom stereocenters. The van der Waals surface area contributed by atoms with Gasteiger partial charge in [0, 0.05) is 25.4 Å². The highest BCUT2D eigenvalue weighted by Crippen LogP contribution is 2.07. The summed E-state index contributed by atoms with van der Waals surface area (Å²) in [5.74, 6) is -0.352. The minimum Gasteiger partial charge on any atom is -0.355 e. The predicted molar refractivity (Wildman–Crippen MR) is 98.8 cm³/mol. The molecule has 6 nitrogen and oxygen atoms in total. The van der Waals surface area contributed by atoms with E-state index >= 15 is 0 Å². The highest BCUT2D eigenvalue weighted by atomic mass is 16.2. The van der Waals surface area contributed by atoms with Crippen molar-refractivity contribution in [2.75, 3.05) is 7.05 Å². The average Bonchev–Trinajstić information content (AvgIpc) is 3.15. The third kappa shape index (κ3) is 4.36. The van der Waals surface area contributed by atoms with Crippen molar-refractivity contribution in [1.29, 1.82) is 0 Å². The second-order valence-electron chi connectivity index (χ2n) is 5.87. The molecule has 1 aromatic heterocycles. The van der Waals surface area contributed by atoms with Crippen LogP contribution in [0.25, 0.3) is 0 Å². The van der Waals surface area contributed by atoms with Gasteiger partial charge in [0.1, 0.15) is 0 Å². The predicted octanol–water partition coefficient (Wildman–Crippen LogP) is 2.22. The molecule has 2 aromatic carbocycles. The molecule has 0 aliphatic rings. The first-order valence-electron chi connectivity index (χ1n) is 8.31. The first-order valence-corrected chi connectivity index (χ1v) is 8.31. The molecule has 2 N–H and O–H groups in total. The molecule has 0 bridgehead atoms. The van der Waals surface area contributed by atoms with E-state index in [0.717, 1.165) is 11.1 Å². The second-order valence-corrected chi connectivity index (χ2v) is 5.87. The number of amides is 2. The number of aromatic nitrogens is 2. The molecule has 0 unspecified atom stereocenters. The van der Waals surface area contributed by atoms with Gasteiger partial charge in [-0.15, -0.1) is 0 Å². The summed E-state index contributed by atoms with van der Waals surface area (Å²) >= 11 is 0. The molecule has 0 saturated carbocycles. The van der Waals surface area contributed by atoms with Crippen LogP contribution in [0.5, 0.6) is 0 Å². The average molecular weight is 348 g/mol. The topological polar surface area (TPSA) is 76.0 Å². The summed E-state index contributed by atoms with van der Waals surface area (Å²) in [7, 11) is 1.59. The molecule has 0 saturated heterocycles. The van der Waals surface area contributed by atoms with Gasteiger partial charge < -0.3 is 10.6 Å². The summed E-state index contributed by atoms with van der Waals surface area (Å²) in [6, 6.07) is 17.1. The fourth-order valence-electron chi connectivity index (χ4n) is 2.59. The Bertz CT molecular complexity index is 903. The maximum atomic E-state index is 12.3. The molecule has 0 spiro atoms. The van der Waals surface area contributed by atoms with E-state index in [4.69, 9.17) is 0 Å². The van der Waals surface area contributed by atoms with Crippen molar-refractivity contribution in [3.8, 4) is 0 Å². The largest absolute Gasteiger partial charge is 0.355 e. The second kappa shape index (κ2) is 8.11. The molecule has 6 heteroatoms. The highest BCUT2D eigenvalue weighted by Gasteiger charge is 2.09. The number of rotatable bonds is 6. The molecule has 3 aromatic rings. The van der Waals surface area contributed by atoms with Crippen LogP contribution in [-0.4, -0.2) is 28.6 Å². The molecular weight excluding hydrogens is 328 g/mol. The molecule has 2 amide bonds. The summed E-state index contributed by atoms with van der Waals surface area (Å²) in [5, 5.41) is 9.68. The number of nitrogens with zero attached hydrogens (tertiary/aromatic N) is 2. The van der Waals surface area contributed by atoms with Crippen LogP contribution in [0.3, 0.4) is 0 Å². The first-order chi connectivity index (χ1) is 12.7. The van der Waals surface area contributed by atoms with Crippen molar-refractivity contribution in [2.24, 2.45) is 0 Å². The van der Waals surface area contributed by atoms with Crippen LogP contribution in [0, 0.1) is 0 Å². The highest BCUT2D eigenvalue weighted by molar-refractivity contribution is 5.94. The van der Waals surface area contributed by atoms with Crippen LogP contribution in [-0.2, 0) is 13.1 Å². The Kier molecular flexibility index (Phi) is 5.43. The first kappa shape index (κ1) is 17.4. The standard InChI is InChI=1S/C20H20N4O2/c1-21-19(25)17-9-5-8-16(10-17)11-22-20(26)18-12-23-24(14-18)13-15-6-3-2-4-7-15/h2-10,12,14H,11,13H2,1H3,(H,21,25)(H,22,26). The number of hydrogen-bond acceptors (Lipinski definition) is 3. The Morgan fingerprint density at radius 1 is 0.962 bits per heavy atom. The zero-order valence-corrected chi connectivity index (χ0v) is 14.5. The molecule has 3 rings (SSSR count). The molecule has 1 heterocycles. The lowest BCUT2D eigenvalue weighted by atomic mass is 10.1. The Balaban J connectivity index is 1.60. The van der Waals surface area contributed by atoms with Gasteiger partial charge in [0.25, 0.3) is 11.8 Å². The van der Waals surface area contributed by atoms with Gasteiger partial charge in [0.15, 0.2) is 0 Å². The van der Waals surface area contributed by atoms with E-state index in [9.17, 15) is 9.59 Å². The number of hydrogen-bond donors (Lipinski definition) is 2. The van der Waals surface area contributed by atoms with Crippen LogP contribution in [0.2, 0.25) is 0 Å². The van der Waals surface area contributed by atoms with Crippen molar-refractivity contribution in [2.45, 2.75) is 13.1 Å². The molecule has 26 heavy (non-hydrogen) atoms. The van der Waals surface area contributed by atoms with Gasteiger partial charge in [0.2, 0.25) is 0 Å². The fourth-order valence-corrected chi connectivity index (χ4v) is 2.59. The van der Waals surface area contributed by atoms with Gasteiger partial charge in [-0.25, -0.2) is 0 Å². The smallest absolute Gasteiger partial charge is 0.254 e. The van der Waals surface area contributed by atoms with Crippen molar-refractivity contribution in [3.63, 3.8) is 0 Å². The molecular formula is C20H20N4O2. The van der Waals surface area contributed by atoms with Crippen LogP contribution in [0.4, 0.5) is 0 Å². The quantitative estimate of drug-likeness (QED) is 0.717. The Morgan fingerprint density at radius 3 is 2.50 bits per heavy atom. The maximum absolute atomic E-state index is 12.3. The lowest BCUT2D eigenvalue weighted by molar-refractivity contribution is 0.0948. The number of nitrogens with one attached hydrogen (secondary N) is 2. The number of benzene rings is 2. The Hall–Kier alpha value is -3.41. The molecule has 0 aliphatic carbocycles. The van der Waals surface area contributed by atoms with E-state index in [1.54, 1.807) is 42.3 Å². The van der Waals surface area contributed by atoms with E-state index in [1.165, 1.54) is 0 Å². The molecule has 0 radical (unpaired) electrons. The third-order valence-corrected chi connectivity index (χ3v) is 3.95. The summed E-state index contributed by atoms with van der Waals surface area (Å²) in [4.78, 5) is 24.0. The van der Waals surface area contributed by atoms with Gasteiger partial charge in [0.05, 0.1) is 18.3 Å². The Labute approximate surface area is 151 Å². The van der Waals surface area contributed by atoms with Crippen LogP contribution in [0.1, 0.15) is 31.8 Å². The summed E-state index contributed by atoms with van der Waals surface area (Å²) in [5.41, 5.74) is 3.04. The molecule has 132 valence electrons. The fraction of sp³-hybridized carbons (Fsp3) is 0.150. The van der Waals surface area contributed by atoms with Gasteiger partial charge >= 0.3 is 0 Å². The number of carbonyl (C=O) groups excluding carboxylic acids is 2. The van der Waals surface area contributed by atoms with Gasteiger partial charge in [-0.1, -0.05) is 42.5 Å². The van der Waals surface area contributed by atoms with Crippen molar-refractivity contribution >= 4 is 11.8 Å². The molecule has 0 fully saturated rings. The van der Waals surface area contributed by atoms with Crippen molar-refractivity contribution < 1.29 is 9.59 Å². The van der Waals surface area contributed by atoms with E-state index in [1.807, 2.05) is 36.4 Å². The van der Waals surface area contributed by atoms with Gasteiger partial charge in [-0.3, -0.25) is 14.3 Å². The van der Waals surface area contributed by atoms with Crippen molar-refractivity contribution in [3.05, 3.63) is 89.2 Å². The lowest BCUT2D eigenvalue weighted by Crippen LogP contribution is -2.23. The lowest BCUT2D eigenvalue weighted by Gasteiger charge is -2.06. The normalized spacial score (nSPS) is 10.3. The van der Waals surface area contributed by atoms with E-state index in [0.29, 0.717) is 24.2 Å². The Morgan fingerprint density at radius 2 is 1.73 bits per heavy atom. The summed E-state index contributed by atoms with van der Waals surface area (Å²) in [6.45, 7) is 0.954. The SMILES string of the molecule is CNC(=O)c1cccc(CNC(=O)c2cnn(Cc3ccccc3)c2)c1. The number of carbonyl (C=O) groups is 2. The third-order valence-electron chi connectivity index (χ3n) is 3.95. The van der Waals surface area contributed by atoms with E-state index in [2.05, 4.69) is 15.7 Å². The molecule has 0 aliphatic heterocycles. The zero-order valence-electron chi connectivity index (χ0n) is 14.5. The van der Waals surface area contributed by atoms with Crippen molar-refractivity contribution in [1.82, 2.24) is 20.4 Å². The maximum Gasteiger partial charge on any atom is 0.254 e. The minimum absolute atomic E-state index is 0.152. The van der Waals surface area contributed by atoms with Crippen LogP contribution in [0.15, 0.2) is 67.0 Å². The monoisotopic (exact) mass is 348 g/mol. The van der Waals surface area contributed by atoms with E-state index < -0.39 is 0 Å². The van der Waals surface area contributed by atoms with Crippen LogP contribution < -0.4 is 10.6 Å². The van der Waals surface area contributed by atoms with Gasteiger partial charge in [-0.2, -0.15) is 5.10 Å². The van der Waals surface area contributed by atoms with Crippen LogP contribution >= 0.6 is 0 Å². The summed E-state index contributed by atoms with van der Waals surface area (Å²) < 4.78 is 1.73. The van der Waals surface area contributed by atoms with Gasteiger partial charge in [-0.05, 0) is 23.3 Å². The van der Waals surface area contributed by atoms with E-state index in [-0.39, 0.29) is 11.8 Å².